The lowest BCUT2D eigenvalue weighted by Crippen LogP contribution is -2.29. The predicted molar refractivity (Wildman–Crippen MR) is 85.5 cm³/mol. The first-order chi connectivity index (χ1) is 10.4. The maximum absolute atomic E-state index is 10.2. The van der Waals surface area contributed by atoms with Crippen molar-refractivity contribution >= 4 is 40.2 Å². The summed E-state index contributed by atoms with van der Waals surface area (Å²) in [4.78, 5) is 4.49. The third-order valence-corrected chi connectivity index (χ3v) is 4.25. The second-order valence-corrected chi connectivity index (χ2v) is 6.46. The minimum Gasteiger partial charge on any atom is -0.388 e. The van der Waals surface area contributed by atoms with Gasteiger partial charge in [-0.1, -0.05) is 23.2 Å². The van der Waals surface area contributed by atoms with Gasteiger partial charge in [0, 0.05) is 6.04 Å². The molecule has 1 aromatic carbocycles. The van der Waals surface area contributed by atoms with E-state index >= 15 is 0 Å². The number of fused-ring (bicyclic) bond motifs is 1. The minimum absolute atomic E-state index is 0.0634. The normalized spacial score (nSPS) is 25.3. The molecule has 1 aliphatic rings. The topological polar surface area (TPSA) is 79.5 Å². The summed E-state index contributed by atoms with van der Waals surface area (Å²) in [6, 6.07) is 3.47. The molecule has 0 spiro atoms. The Kier molecular flexibility index (Phi) is 4.22. The Balaban J connectivity index is 2.18. The van der Waals surface area contributed by atoms with Crippen molar-refractivity contribution in [3.05, 3.63) is 22.2 Å². The Morgan fingerprint density at radius 2 is 2.00 bits per heavy atom. The van der Waals surface area contributed by atoms with Crippen molar-refractivity contribution in [2.45, 2.75) is 38.3 Å². The molecule has 0 unspecified atom stereocenters. The Bertz CT molecular complexity index is 704. The highest BCUT2D eigenvalue weighted by Crippen LogP contribution is 2.35. The number of hydrogen-bond donors (Lipinski definition) is 3. The predicted octanol–water partition coefficient (Wildman–Crippen LogP) is 2.41. The Hall–Kier alpha value is -1.05. The first-order valence-electron chi connectivity index (χ1n) is 6.99. The lowest BCUT2D eigenvalue weighted by molar-refractivity contribution is -0.0148. The van der Waals surface area contributed by atoms with Crippen LogP contribution in [0.15, 0.2) is 12.1 Å². The van der Waals surface area contributed by atoms with Crippen LogP contribution in [0.4, 0.5) is 5.95 Å². The number of nitrogens with zero attached hydrogens (tertiary/aromatic N) is 2. The smallest absolute Gasteiger partial charge is 0.206 e. The first-order valence-corrected chi connectivity index (χ1v) is 7.75. The number of ether oxygens (including phenoxy) is 1. The minimum atomic E-state index is -1.04. The van der Waals surface area contributed by atoms with Crippen LogP contribution in [-0.4, -0.2) is 44.6 Å². The van der Waals surface area contributed by atoms with E-state index < -0.39 is 18.4 Å². The second kappa shape index (κ2) is 5.86. The van der Waals surface area contributed by atoms with Crippen LogP contribution in [0.3, 0.4) is 0 Å². The van der Waals surface area contributed by atoms with Crippen molar-refractivity contribution in [3.8, 4) is 0 Å². The Morgan fingerprint density at radius 1 is 1.32 bits per heavy atom. The number of rotatable bonds is 3. The van der Waals surface area contributed by atoms with E-state index in [4.69, 9.17) is 27.9 Å². The van der Waals surface area contributed by atoms with Gasteiger partial charge >= 0.3 is 0 Å². The summed E-state index contributed by atoms with van der Waals surface area (Å²) in [5.74, 6) is 0.529. The van der Waals surface area contributed by atoms with E-state index in [9.17, 15) is 10.2 Å². The molecule has 1 fully saturated rings. The zero-order valence-corrected chi connectivity index (χ0v) is 13.6. The third-order valence-electron chi connectivity index (χ3n) is 3.53. The zero-order chi connectivity index (χ0) is 16.0. The van der Waals surface area contributed by atoms with Crippen LogP contribution in [0.1, 0.15) is 20.1 Å². The van der Waals surface area contributed by atoms with Crippen molar-refractivity contribution in [2.24, 2.45) is 0 Å². The molecule has 0 amide bonds. The number of anilines is 1. The summed E-state index contributed by atoms with van der Waals surface area (Å²) < 4.78 is 7.24. The molecule has 22 heavy (non-hydrogen) atoms. The molecule has 8 heteroatoms. The van der Waals surface area contributed by atoms with Crippen LogP contribution < -0.4 is 5.32 Å². The fourth-order valence-electron chi connectivity index (χ4n) is 2.52. The van der Waals surface area contributed by atoms with Crippen molar-refractivity contribution in [1.82, 2.24) is 9.55 Å². The number of halogens is 2. The summed E-state index contributed by atoms with van der Waals surface area (Å²) in [7, 11) is 0. The number of benzene rings is 1. The van der Waals surface area contributed by atoms with Gasteiger partial charge < -0.3 is 20.3 Å². The standard InChI is InChI=1S/C14H17Cl2N3O3/c1-6(2)17-14-18-9-3-7(15)8(16)4-10(9)19(14)13-12(21)11(20)5-22-13/h3-4,6,11-13,20-21H,5H2,1-2H3,(H,17,18)/t11-,12-,13-/m1/s1. The Labute approximate surface area is 137 Å². The maximum atomic E-state index is 10.2. The monoisotopic (exact) mass is 345 g/mol. The van der Waals surface area contributed by atoms with E-state index in [1.807, 2.05) is 13.8 Å². The van der Waals surface area contributed by atoms with E-state index in [1.165, 1.54) is 0 Å². The fourth-order valence-corrected chi connectivity index (χ4v) is 2.84. The summed E-state index contributed by atoms with van der Waals surface area (Å²) in [5.41, 5.74) is 1.31. The highest BCUT2D eigenvalue weighted by atomic mass is 35.5. The molecule has 1 aliphatic heterocycles. The summed E-state index contributed by atoms with van der Waals surface area (Å²) in [5, 5.41) is 23.9. The average molecular weight is 346 g/mol. The molecule has 0 saturated carbocycles. The van der Waals surface area contributed by atoms with Crippen LogP contribution >= 0.6 is 23.2 Å². The van der Waals surface area contributed by atoms with Crippen LogP contribution in [0.2, 0.25) is 10.0 Å². The van der Waals surface area contributed by atoms with Crippen molar-refractivity contribution in [3.63, 3.8) is 0 Å². The van der Waals surface area contributed by atoms with E-state index in [-0.39, 0.29) is 12.6 Å². The molecule has 2 heterocycles. The van der Waals surface area contributed by atoms with E-state index in [0.29, 0.717) is 27.0 Å². The second-order valence-electron chi connectivity index (χ2n) is 5.64. The molecule has 0 radical (unpaired) electrons. The number of aliphatic hydroxyl groups excluding tert-OH is 2. The highest BCUT2D eigenvalue weighted by molar-refractivity contribution is 6.42. The molecular weight excluding hydrogens is 329 g/mol. The van der Waals surface area contributed by atoms with Gasteiger partial charge in [-0.05, 0) is 26.0 Å². The SMILES string of the molecule is CC(C)Nc1nc2cc(Cl)c(Cl)cc2n1[C@@H]1OC[C@@H](O)[C@H]1O. The van der Waals surface area contributed by atoms with Crippen LogP contribution in [0.25, 0.3) is 11.0 Å². The molecule has 3 atom stereocenters. The van der Waals surface area contributed by atoms with Crippen molar-refractivity contribution in [1.29, 1.82) is 0 Å². The zero-order valence-electron chi connectivity index (χ0n) is 12.1. The largest absolute Gasteiger partial charge is 0.388 e. The number of aliphatic hydroxyl groups is 2. The molecule has 0 aliphatic carbocycles. The molecule has 6 nitrogen and oxygen atoms in total. The average Bonchev–Trinajstić information content (AvgIpc) is 2.92. The van der Waals surface area contributed by atoms with Crippen LogP contribution in [0.5, 0.6) is 0 Å². The third kappa shape index (κ3) is 2.66. The van der Waals surface area contributed by atoms with E-state index in [2.05, 4.69) is 10.3 Å². The maximum Gasteiger partial charge on any atom is 0.206 e. The van der Waals surface area contributed by atoms with Gasteiger partial charge in [0.2, 0.25) is 5.95 Å². The molecular formula is C14H17Cl2N3O3. The quantitative estimate of drug-likeness (QED) is 0.795. The number of imidazole rings is 1. The van der Waals surface area contributed by atoms with Gasteiger partial charge in [0.25, 0.3) is 0 Å². The molecule has 2 aromatic rings. The summed E-state index contributed by atoms with van der Waals surface area (Å²) in [6.07, 6.45) is -2.71. The number of aromatic nitrogens is 2. The van der Waals surface area contributed by atoms with Gasteiger partial charge in [0.05, 0.1) is 27.7 Å². The van der Waals surface area contributed by atoms with Gasteiger partial charge in [-0.2, -0.15) is 0 Å². The summed E-state index contributed by atoms with van der Waals surface area (Å²) in [6.45, 7) is 4.02. The van der Waals surface area contributed by atoms with Gasteiger partial charge in [-0.25, -0.2) is 4.98 Å². The van der Waals surface area contributed by atoms with Crippen molar-refractivity contribution < 1.29 is 14.9 Å². The van der Waals surface area contributed by atoms with Gasteiger partial charge in [0.15, 0.2) is 6.23 Å². The molecule has 3 N–H and O–H groups in total. The lowest BCUT2D eigenvalue weighted by Gasteiger charge is -2.21. The van der Waals surface area contributed by atoms with Gasteiger partial charge in [-0.15, -0.1) is 0 Å². The van der Waals surface area contributed by atoms with Crippen LogP contribution in [-0.2, 0) is 4.74 Å². The molecule has 120 valence electrons. The van der Waals surface area contributed by atoms with Gasteiger partial charge in [0.1, 0.15) is 12.2 Å². The van der Waals surface area contributed by atoms with E-state index in [1.54, 1.807) is 16.7 Å². The Morgan fingerprint density at radius 3 is 2.59 bits per heavy atom. The first kappa shape index (κ1) is 15.8. The van der Waals surface area contributed by atoms with Gasteiger partial charge in [-0.3, -0.25) is 4.57 Å². The molecule has 1 aromatic heterocycles. The lowest BCUT2D eigenvalue weighted by atomic mass is 10.2. The van der Waals surface area contributed by atoms with Crippen LogP contribution in [0, 0.1) is 0 Å². The molecule has 0 bridgehead atoms. The molecule has 3 rings (SSSR count). The fraction of sp³-hybridized carbons (Fsp3) is 0.500. The highest BCUT2D eigenvalue weighted by Gasteiger charge is 2.38. The molecule has 1 saturated heterocycles. The van der Waals surface area contributed by atoms with E-state index in [0.717, 1.165) is 0 Å². The van der Waals surface area contributed by atoms with Crippen molar-refractivity contribution in [2.75, 3.05) is 11.9 Å². The number of nitrogens with one attached hydrogen (secondary N) is 1. The summed E-state index contributed by atoms with van der Waals surface area (Å²) >= 11 is 12.1. The number of hydrogen-bond acceptors (Lipinski definition) is 5.